The molecule has 0 aliphatic carbocycles. The van der Waals surface area contributed by atoms with Crippen LogP contribution >= 0.6 is 0 Å². The van der Waals surface area contributed by atoms with Crippen LogP contribution in [-0.2, 0) is 4.79 Å². The molecule has 5 nitrogen and oxygen atoms in total. The van der Waals surface area contributed by atoms with Gasteiger partial charge in [0.25, 0.3) is 0 Å². The quantitative estimate of drug-likeness (QED) is 0.575. The highest BCUT2D eigenvalue weighted by molar-refractivity contribution is 5.67. The molecule has 0 amide bonds. The fraction of sp³-hybridized carbons (Fsp3) is 0.900. The third kappa shape index (κ3) is 5.11. The maximum Gasteiger partial charge on any atom is 0.304 e. The summed E-state index contributed by atoms with van der Waals surface area (Å²) in [6, 6.07) is 0.179. The van der Waals surface area contributed by atoms with E-state index in [9.17, 15) is 4.79 Å². The molecule has 2 unspecified atom stereocenters. The molecule has 1 aliphatic heterocycles. The Morgan fingerprint density at radius 3 is 3.07 bits per heavy atom. The number of nitrogens with one attached hydrogen (secondary N) is 1. The minimum atomic E-state index is -0.829. The molecule has 0 radical (unpaired) electrons. The molecular weight excluding hydrogens is 194 g/mol. The number of carboxylic acids is 1. The Morgan fingerprint density at radius 1 is 1.73 bits per heavy atom. The molecule has 1 saturated heterocycles. The smallest absolute Gasteiger partial charge is 0.304 e. The van der Waals surface area contributed by atoms with E-state index in [1.165, 1.54) is 6.42 Å². The van der Waals surface area contributed by atoms with E-state index in [0.29, 0.717) is 12.6 Å². The summed E-state index contributed by atoms with van der Waals surface area (Å²) in [7, 11) is 2.10. The van der Waals surface area contributed by atoms with E-state index in [2.05, 4.69) is 17.3 Å². The second-order valence-corrected chi connectivity index (χ2v) is 4.37. The lowest BCUT2D eigenvalue weighted by molar-refractivity contribution is -0.137. The Balaban J connectivity index is 2.15. The van der Waals surface area contributed by atoms with Gasteiger partial charge in [0.1, 0.15) is 0 Å². The van der Waals surface area contributed by atoms with E-state index >= 15 is 0 Å². The summed E-state index contributed by atoms with van der Waals surface area (Å²) in [4.78, 5) is 12.7. The summed E-state index contributed by atoms with van der Waals surface area (Å²) in [5.74, 6) is -0.829. The number of rotatable bonds is 5. The molecule has 0 aromatic heterocycles. The van der Waals surface area contributed by atoms with Gasteiger partial charge in [0.05, 0.1) is 6.42 Å². The number of likely N-dealkylation sites (N-methyl/N-ethyl adjacent to an activating group) is 1. The number of hydrogen-bond acceptors (Lipinski definition) is 4. The van der Waals surface area contributed by atoms with Gasteiger partial charge in [0.2, 0.25) is 0 Å². The number of carboxylic acid groups (broad SMARTS) is 1. The van der Waals surface area contributed by atoms with E-state index in [4.69, 9.17) is 10.8 Å². The van der Waals surface area contributed by atoms with E-state index in [1.54, 1.807) is 0 Å². The van der Waals surface area contributed by atoms with Crippen LogP contribution in [0.5, 0.6) is 0 Å². The molecular formula is C10H21N3O2. The van der Waals surface area contributed by atoms with Gasteiger partial charge in [-0.3, -0.25) is 4.79 Å². The van der Waals surface area contributed by atoms with E-state index < -0.39 is 5.97 Å². The topological polar surface area (TPSA) is 78.6 Å². The summed E-state index contributed by atoms with van der Waals surface area (Å²) in [6.07, 6.45) is 2.39. The fourth-order valence-corrected chi connectivity index (χ4v) is 1.95. The molecule has 0 aromatic rings. The second kappa shape index (κ2) is 6.05. The molecule has 0 saturated carbocycles. The van der Waals surface area contributed by atoms with E-state index in [-0.39, 0.29) is 12.5 Å². The lowest BCUT2D eigenvalue weighted by atomic mass is 10.1. The molecule has 0 aromatic carbocycles. The zero-order chi connectivity index (χ0) is 11.3. The molecule has 88 valence electrons. The van der Waals surface area contributed by atoms with Crippen LogP contribution in [0.2, 0.25) is 0 Å². The molecule has 2 atom stereocenters. The first-order valence-electron chi connectivity index (χ1n) is 5.47. The minimum Gasteiger partial charge on any atom is -0.481 e. The summed E-state index contributed by atoms with van der Waals surface area (Å²) < 4.78 is 0. The van der Waals surface area contributed by atoms with Crippen molar-refractivity contribution in [3.63, 3.8) is 0 Å². The predicted molar refractivity (Wildman–Crippen MR) is 58.7 cm³/mol. The van der Waals surface area contributed by atoms with Crippen molar-refractivity contribution < 1.29 is 9.90 Å². The van der Waals surface area contributed by atoms with Gasteiger partial charge in [-0.05, 0) is 26.4 Å². The standard InChI is InChI=1S/C10H21N3O2/c1-13-4-2-3-9(7-13)12-6-8(11)5-10(14)15/h8-9,12H,2-7,11H2,1H3,(H,14,15). The lowest BCUT2D eigenvalue weighted by Gasteiger charge is -2.31. The van der Waals surface area contributed by atoms with Crippen LogP contribution in [0.3, 0.4) is 0 Å². The van der Waals surface area contributed by atoms with Crippen LogP contribution in [-0.4, -0.2) is 54.7 Å². The largest absolute Gasteiger partial charge is 0.481 e. The van der Waals surface area contributed by atoms with Gasteiger partial charge in [0, 0.05) is 25.2 Å². The Morgan fingerprint density at radius 2 is 2.47 bits per heavy atom. The van der Waals surface area contributed by atoms with Crippen LogP contribution < -0.4 is 11.1 Å². The SMILES string of the molecule is CN1CCCC(NCC(N)CC(=O)O)C1. The number of aliphatic carboxylic acids is 1. The number of hydrogen-bond donors (Lipinski definition) is 3. The Hall–Kier alpha value is -0.650. The maximum atomic E-state index is 10.4. The molecule has 1 rings (SSSR count). The minimum absolute atomic E-state index is 0.0373. The van der Waals surface area contributed by atoms with Gasteiger partial charge in [-0.2, -0.15) is 0 Å². The van der Waals surface area contributed by atoms with Crippen molar-refractivity contribution in [2.75, 3.05) is 26.7 Å². The van der Waals surface area contributed by atoms with Crippen molar-refractivity contribution >= 4 is 5.97 Å². The monoisotopic (exact) mass is 215 g/mol. The molecule has 1 heterocycles. The van der Waals surface area contributed by atoms with Crippen LogP contribution in [0, 0.1) is 0 Å². The summed E-state index contributed by atoms with van der Waals surface area (Å²) >= 11 is 0. The number of likely N-dealkylation sites (tertiary alicyclic amines) is 1. The highest BCUT2D eigenvalue weighted by Gasteiger charge is 2.17. The summed E-state index contributed by atoms with van der Waals surface area (Å²) in [5.41, 5.74) is 5.67. The number of piperidine rings is 1. The van der Waals surface area contributed by atoms with Crippen LogP contribution in [0.4, 0.5) is 0 Å². The van der Waals surface area contributed by atoms with Crippen molar-refractivity contribution in [3.8, 4) is 0 Å². The first-order valence-corrected chi connectivity index (χ1v) is 5.47. The summed E-state index contributed by atoms with van der Waals surface area (Å²) in [6.45, 7) is 2.77. The Labute approximate surface area is 90.6 Å². The van der Waals surface area contributed by atoms with E-state index in [1.807, 2.05) is 0 Å². The van der Waals surface area contributed by atoms with Gasteiger partial charge < -0.3 is 21.1 Å². The van der Waals surface area contributed by atoms with Crippen LogP contribution in [0.15, 0.2) is 0 Å². The van der Waals surface area contributed by atoms with Gasteiger partial charge in [0.15, 0.2) is 0 Å². The lowest BCUT2D eigenvalue weighted by Crippen LogP contribution is -2.47. The van der Waals surface area contributed by atoms with Gasteiger partial charge in [-0.15, -0.1) is 0 Å². The zero-order valence-corrected chi connectivity index (χ0v) is 9.28. The average molecular weight is 215 g/mol. The second-order valence-electron chi connectivity index (χ2n) is 4.37. The molecule has 1 aliphatic rings. The van der Waals surface area contributed by atoms with Crippen molar-refractivity contribution in [1.29, 1.82) is 0 Å². The van der Waals surface area contributed by atoms with Crippen LogP contribution in [0.25, 0.3) is 0 Å². The van der Waals surface area contributed by atoms with Gasteiger partial charge in [-0.1, -0.05) is 0 Å². The average Bonchev–Trinajstić information content (AvgIpc) is 2.14. The number of carbonyl (C=O) groups is 1. The molecule has 4 N–H and O–H groups in total. The number of nitrogens with zero attached hydrogens (tertiary/aromatic N) is 1. The molecule has 1 fully saturated rings. The zero-order valence-electron chi connectivity index (χ0n) is 9.28. The highest BCUT2D eigenvalue weighted by atomic mass is 16.4. The van der Waals surface area contributed by atoms with Crippen LogP contribution in [0.1, 0.15) is 19.3 Å². The van der Waals surface area contributed by atoms with Gasteiger partial charge in [-0.25, -0.2) is 0 Å². The fourth-order valence-electron chi connectivity index (χ4n) is 1.95. The first-order chi connectivity index (χ1) is 7.08. The molecule has 0 bridgehead atoms. The third-order valence-corrected chi connectivity index (χ3v) is 2.73. The van der Waals surface area contributed by atoms with Crippen molar-refractivity contribution in [3.05, 3.63) is 0 Å². The predicted octanol–water partition coefficient (Wildman–Crippen LogP) is -0.528. The Bertz CT molecular complexity index is 211. The van der Waals surface area contributed by atoms with E-state index in [0.717, 1.165) is 19.5 Å². The maximum absolute atomic E-state index is 10.4. The Kier molecular flexibility index (Phi) is 5.01. The van der Waals surface area contributed by atoms with Gasteiger partial charge >= 0.3 is 5.97 Å². The molecule has 5 heteroatoms. The van der Waals surface area contributed by atoms with Crippen molar-refractivity contribution in [2.45, 2.75) is 31.3 Å². The normalized spacial score (nSPS) is 25.1. The summed E-state index contributed by atoms with van der Waals surface area (Å²) in [5, 5.41) is 11.9. The molecule has 15 heavy (non-hydrogen) atoms. The van der Waals surface area contributed by atoms with Crippen molar-refractivity contribution in [2.24, 2.45) is 5.73 Å². The number of nitrogens with two attached hydrogens (primary N) is 1. The van der Waals surface area contributed by atoms with Crippen molar-refractivity contribution in [1.82, 2.24) is 10.2 Å². The molecule has 0 spiro atoms. The first kappa shape index (κ1) is 12.4. The third-order valence-electron chi connectivity index (χ3n) is 2.73. The highest BCUT2D eigenvalue weighted by Crippen LogP contribution is 2.07.